The highest BCUT2D eigenvalue weighted by atomic mass is 32.1. The summed E-state index contributed by atoms with van der Waals surface area (Å²) >= 11 is 1.49. The Bertz CT molecular complexity index is 566. The summed E-state index contributed by atoms with van der Waals surface area (Å²) in [5, 5.41) is 13.1. The number of ether oxygens (including phenoxy) is 1. The highest BCUT2D eigenvalue weighted by molar-refractivity contribution is 7.13. The Morgan fingerprint density at radius 2 is 2.05 bits per heavy atom. The van der Waals surface area contributed by atoms with Crippen molar-refractivity contribution in [2.45, 2.75) is 34.2 Å². The molecule has 0 saturated carbocycles. The third-order valence-electron chi connectivity index (χ3n) is 3.03. The van der Waals surface area contributed by atoms with Crippen molar-refractivity contribution in [2.24, 2.45) is 5.92 Å². The molecule has 1 N–H and O–H groups in total. The molecule has 0 saturated heterocycles. The molecule has 1 aromatic carbocycles. The fraction of sp³-hybridized carbons (Fsp3) is 0.467. The van der Waals surface area contributed by atoms with Crippen molar-refractivity contribution in [3.8, 4) is 10.9 Å². The van der Waals surface area contributed by atoms with E-state index in [1.54, 1.807) is 0 Å². The number of hydrogen-bond acceptors (Lipinski definition) is 5. The average Bonchev–Trinajstić information content (AvgIpc) is 2.82. The van der Waals surface area contributed by atoms with Crippen molar-refractivity contribution in [3.05, 3.63) is 34.3 Å². The number of nitrogens with one attached hydrogen (secondary N) is 1. The first-order chi connectivity index (χ1) is 9.56. The van der Waals surface area contributed by atoms with Gasteiger partial charge in [0.2, 0.25) is 0 Å². The molecule has 1 aromatic heterocycles. The van der Waals surface area contributed by atoms with Crippen LogP contribution in [0.25, 0.3) is 0 Å². The van der Waals surface area contributed by atoms with Crippen LogP contribution in [-0.4, -0.2) is 16.7 Å². The number of hydrogen-bond donors (Lipinski definition) is 1. The summed E-state index contributed by atoms with van der Waals surface area (Å²) in [5.74, 6) is 1.48. The van der Waals surface area contributed by atoms with Gasteiger partial charge < -0.3 is 10.1 Å². The van der Waals surface area contributed by atoms with Gasteiger partial charge in [-0.1, -0.05) is 42.4 Å². The van der Waals surface area contributed by atoms with Gasteiger partial charge in [-0.2, -0.15) is 0 Å². The molecule has 0 spiro atoms. The van der Waals surface area contributed by atoms with Gasteiger partial charge in [0.05, 0.1) is 0 Å². The maximum absolute atomic E-state index is 5.82. The fourth-order valence-corrected chi connectivity index (χ4v) is 2.42. The molecule has 0 aliphatic rings. The largest absolute Gasteiger partial charge is 0.430 e. The highest BCUT2D eigenvalue weighted by Crippen LogP contribution is 2.28. The maximum atomic E-state index is 5.82. The molecule has 20 heavy (non-hydrogen) atoms. The Labute approximate surface area is 124 Å². The predicted octanol–water partition coefficient (Wildman–Crippen LogP) is 3.69. The molecule has 0 bridgehead atoms. The van der Waals surface area contributed by atoms with Crippen LogP contribution in [0.5, 0.6) is 10.9 Å². The lowest BCUT2D eigenvalue weighted by molar-refractivity contribution is 0.469. The molecule has 108 valence electrons. The van der Waals surface area contributed by atoms with Gasteiger partial charge >= 0.3 is 0 Å². The summed E-state index contributed by atoms with van der Waals surface area (Å²) in [7, 11) is 0. The van der Waals surface area contributed by atoms with Gasteiger partial charge in [0.25, 0.3) is 5.19 Å². The van der Waals surface area contributed by atoms with Crippen LogP contribution in [0.4, 0.5) is 0 Å². The number of benzene rings is 1. The lowest BCUT2D eigenvalue weighted by Crippen LogP contribution is -2.18. The normalized spacial score (nSPS) is 11.1. The molecule has 2 aromatic rings. The van der Waals surface area contributed by atoms with E-state index in [9.17, 15) is 0 Å². The average molecular weight is 291 g/mol. The Morgan fingerprint density at radius 1 is 1.25 bits per heavy atom. The summed E-state index contributed by atoms with van der Waals surface area (Å²) in [6.45, 7) is 10.2. The molecule has 2 rings (SSSR count). The predicted molar refractivity (Wildman–Crippen MR) is 82.4 cm³/mol. The lowest BCUT2D eigenvalue weighted by Gasteiger charge is -2.07. The standard InChI is InChI=1S/C15H21N3OS/c1-10(2)8-16-9-14-17-18-15(20-14)19-13-7-5-6-11(3)12(13)4/h5-7,10,16H,8-9H2,1-4H3. The molecule has 0 fully saturated rings. The molecule has 5 heteroatoms. The van der Waals surface area contributed by atoms with Gasteiger partial charge in [-0.3, -0.25) is 0 Å². The van der Waals surface area contributed by atoms with E-state index in [4.69, 9.17) is 4.74 Å². The fourth-order valence-electron chi connectivity index (χ4n) is 1.75. The minimum atomic E-state index is 0.597. The minimum Gasteiger partial charge on any atom is -0.430 e. The summed E-state index contributed by atoms with van der Waals surface area (Å²) in [5.41, 5.74) is 2.35. The van der Waals surface area contributed by atoms with Gasteiger partial charge in [0.15, 0.2) is 0 Å². The van der Waals surface area contributed by atoms with Crippen molar-refractivity contribution >= 4 is 11.3 Å². The van der Waals surface area contributed by atoms with Crippen molar-refractivity contribution in [2.75, 3.05) is 6.54 Å². The van der Waals surface area contributed by atoms with E-state index < -0.39 is 0 Å². The third kappa shape index (κ3) is 4.02. The van der Waals surface area contributed by atoms with Crippen LogP contribution in [0.15, 0.2) is 18.2 Å². The van der Waals surface area contributed by atoms with E-state index in [1.807, 2.05) is 12.1 Å². The molecular weight excluding hydrogens is 270 g/mol. The van der Waals surface area contributed by atoms with E-state index >= 15 is 0 Å². The highest BCUT2D eigenvalue weighted by Gasteiger charge is 2.08. The van der Waals surface area contributed by atoms with Gasteiger partial charge in [-0.25, -0.2) is 0 Å². The molecule has 0 aliphatic carbocycles. The third-order valence-corrected chi connectivity index (χ3v) is 3.83. The van der Waals surface area contributed by atoms with Gasteiger partial charge in [0.1, 0.15) is 10.8 Å². The van der Waals surface area contributed by atoms with Crippen LogP contribution in [0.3, 0.4) is 0 Å². The molecule has 0 aliphatic heterocycles. The maximum Gasteiger partial charge on any atom is 0.299 e. The second-order valence-corrected chi connectivity index (χ2v) is 6.31. The molecule has 4 nitrogen and oxygen atoms in total. The van der Waals surface area contributed by atoms with Crippen LogP contribution in [0.2, 0.25) is 0 Å². The van der Waals surface area contributed by atoms with E-state index in [0.29, 0.717) is 11.1 Å². The van der Waals surface area contributed by atoms with Gasteiger partial charge in [-0.05, 0) is 43.5 Å². The minimum absolute atomic E-state index is 0.597. The zero-order chi connectivity index (χ0) is 14.5. The summed E-state index contributed by atoms with van der Waals surface area (Å²) < 4.78 is 5.82. The van der Waals surface area contributed by atoms with Crippen LogP contribution in [0, 0.1) is 19.8 Å². The molecule has 0 amide bonds. The van der Waals surface area contributed by atoms with Crippen LogP contribution >= 0.6 is 11.3 Å². The first-order valence-corrected chi connectivity index (χ1v) is 7.65. The molecule has 0 atom stereocenters. The molecule has 0 unspecified atom stereocenters. The lowest BCUT2D eigenvalue weighted by atomic mass is 10.1. The molecule has 0 radical (unpaired) electrons. The Balaban J connectivity index is 1.97. The number of rotatable bonds is 6. The second-order valence-electron chi connectivity index (χ2n) is 5.29. The Hall–Kier alpha value is -1.46. The van der Waals surface area contributed by atoms with Crippen LogP contribution < -0.4 is 10.1 Å². The van der Waals surface area contributed by atoms with Crippen molar-refractivity contribution in [1.82, 2.24) is 15.5 Å². The zero-order valence-electron chi connectivity index (χ0n) is 12.4. The van der Waals surface area contributed by atoms with Crippen LogP contribution in [0.1, 0.15) is 30.0 Å². The Morgan fingerprint density at radius 3 is 2.80 bits per heavy atom. The first kappa shape index (κ1) is 14.9. The number of aryl methyl sites for hydroxylation is 1. The summed E-state index contributed by atoms with van der Waals surface area (Å²) in [6.07, 6.45) is 0. The SMILES string of the molecule is Cc1cccc(Oc2nnc(CNCC(C)C)s2)c1C. The van der Waals surface area contributed by atoms with Gasteiger partial charge in [0, 0.05) is 6.54 Å². The van der Waals surface area contributed by atoms with Crippen molar-refractivity contribution < 1.29 is 4.74 Å². The van der Waals surface area contributed by atoms with E-state index in [-0.39, 0.29) is 0 Å². The summed E-state index contributed by atoms with van der Waals surface area (Å²) in [6, 6.07) is 6.02. The van der Waals surface area contributed by atoms with E-state index in [0.717, 1.165) is 29.4 Å². The zero-order valence-corrected chi connectivity index (χ0v) is 13.3. The quantitative estimate of drug-likeness (QED) is 0.881. The Kier molecular flexibility index (Phi) is 5.09. The molecule has 1 heterocycles. The second kappa shape index (κ2) is 6.81. The number of nitrogens with zero attached hydrogens (tertiary/aromatic N) is 2. The smallest absolute Gasteiger partial charge is 0.299 e. The van der Waals surface area contributed by atoms with Crippen molar-refractivity contribution in [3.63, 3.8) is 0 Å². The van der Waals surface area contributed by atoms with Gasteiger partial charge in [-0.15, -0.1) is 5.10 Å². The number of aromatic nitrogens is 2. The van der Waals surface area contributed by atoms with E-state index in [2.05, 4.69) is 49.3 Å². The topological polar surface area (TPSA) is 47.0 Å². The van der Waals surface area contributed by atoms with Crippen LogP contribution in [-0.2, 0) is 6.54 Å². The summed E-state index contributed by atoms with van der Waals surface area (Å²) in [4.78, 5) is 0. The first-order valence-electron chi connectivity index (χ1n) is 6.83. The monoisotopic (exact) mass is 291 g/mol. The van der Waals surface area contributed by atoms with Crippen molar-refractivity contribution in [1.29, 1.82) is 0 Å². The molecular formula is C15H21N3OS. The van der Waals surface area contributed by atoms with E-state index in [1.165, 1.54) is 16.9 Å².